The number of amides is 1. The third-order valence-electron chi connectivity index (χ3n) is 4.50. The van der Waals surface area contributed by atoms with Gasteiger partial charge in [-0.1, -0.05) is 18.2 Å². The van der Waals surface area contributed by atoms with Crippen molar-refractivity contribution in [2.45, 2.75) is 6.17 Å². The van der Waals surface area contributed by atoms with Crippen molar-refractivity contribution >= 4 is 23.3 Å². The molecule has 6 nitrogen and oxygen atoms in total. The zero-order valence-electron chi connectivity index (χ0n) is 14.6. The van der Waals surface area contributed by atoms with Gasteiger partial charge in [0.05, 0.1) is 24.6 Å². The van der Waals surface area contributed by atoms with Crippen molar-refractivity contribution < 1.29 is 14.3 Å². The molecule has 4 rings (SSSR count). The fraction of sp³-hybridized carbons (Fsp3) is 0.0952. The van der Waals surface area contributed by atoms with E-state index in [0.29, 0.717) is 16.8 Å². The maximum Gasteiger partial charge on any atom is 0.337 e. The lowest BCUT2D eigenvalue weighted by molar-refractivity contribution is 0.0600. The molecule has 2 aromatic carbocycles. The van der Waals surface area contributed by atoms with Gasteiger partial charge in [-0.2, -0.15) is 0 Å². The van der Waals surface area contributed by atoms with E-state index in [0.717, 1.165) is 11.3 Å². The average Bonchev–Trinajstić information content (AvgIpc) is 3.00. The van der Waals surface area contributed by atoms with Crippen LogP contribution in [0.3, 0.4) is 0 Å². The Morgan fingerprint density at radius 2 is 1.85 bits per heavy atom. The first-order chi connectivity index (χ1) is 13.2. The van der Waals surface area contributed by atoms with Crippen molar-refractivity contribution in [2.75, 3.05) is 17.3 Å². The second-order valence-electron chi connectivity index (χ2n) is 6.09. The number of fused-ring (bicyclic) bond motifs is 1. The van der Waals surface area contributed by atoms with Gasteiger partial charge >= 0.3 is 5.97 Å². The van der Waals surface area contributed by atoms with Gasteiger partial charge < -0.3 is 10.1 Å². The number of ether oxygens (including phenoxy) is 1. The lowest BCUT2D eigenvalue weighted by atomic mass is 10.1. The smallest absolute Gasteiger partial charge is 0.337 e. The van der Waals surface area contributed by atoms with Crippen LogP contribution in [-0.2, 0) is 4.74 Å². The molecular formula is C21H17N3O3. The zero-order valence-corrected chi connectivity index (χ0v) is 14.6. The van der Waals surface area contributed by atoms with Crippen LogP contribution in [0.15, 0.2) is 73.1 Å². The molecule has 0 bridgehead atoms. The molecule has 1 N–H and O–H groups in total. The Labute approximate surface area is 156 Å². The van der Waals surface area contributed by atoms with Crippen LogP contribution in [-0.4, -0.2) is 24.0 Å². The van der Waals surface area contributed by atoms with Crippen LogP contribution in [0.4, 0.5) is 11.4 Å². The number of carbonyl (C=O) groups excluding carboxylic acids is 2. The van der Waals surface area contributed by atoms with Crippen LogP contribution in [0.25, 0.3) is 0 Å². The van der Waals surface area contributed by atoms with E-state index in [4.69, 9.17) is 4.74 Å². The summed E-state index contributed by atoms with van der Waals surface area (Å²) < 4.78 is 4.73. The highest BCUT2D eigenvalue weighted by Crippen LogP contribution is 2.37. The van der Waals surface area contributed by atoms with Gasteiger partial charge in [-0.05, 0) is 42.5 Å². The van der Waals surface area contributed by atoms with Gasteiger partial charge in [-0.15, -0.1) is 0 Å². The van der Waals surface area contributed by atoms with Gasteiger partial charge in [0.15, 0.2) is 0 Å². The van der Waals surface area contributed by atoms with Crippen molar-refractivity contribution in [3.8, 4) is 0 Å². The highest BCUT2D eigenvalue weighted by molar-refractivity contribution is 6.11. The lowest BCUT2D eigenvalue weighted by Gasteiger charge is -2.27. The van der Waals surface area contributed by atoms with Gasteiger partial charge in [-0.25, -0.2) is 4.79 Å². The molecule has 0 saturated carbocycles. The van der Waals surface area contributed by atoms with Gasteiger partial charge in [0.1, 0.15) is 6.17 Å². The number of pyridine rings is 1. The van der Waals surface area contributed by atoms with Gasteiger partial charge in [0.2, 0.25) is 0 Å². The van der Waals surface area contributed by atoms with Crippen LogP contribution in [0.1, 0.15) is 32.4 Å². The van der Waals surface area contributed by atoms with E-state index >= 15 is 0 Å². The zero-order chi connectivity index (χ0) is 18.8. The monoisotopic (exact) mass is 359 g/mol. The maximum atomic E-state index is 13.0. The third-order valence-corrected chi connectivity index (χ3v) is 4.50. The van der Waals surface area contributed by atoms with Crippen molar-refractivity contribution in [2.24, 2.45) is 0 Å². The molecular weight excluding hydrogens is 342 g/mol. The van der Waals surface area contributed by atoms with Crippen molar-refractivity contribution in [3.05, 3.63) is 89.7 Å². The largest absolute Gasteiger partial charge is 0.465 e. The van der Waals surface area contributed by atoms with Gasteiger partial charge in [0, 0.05) is 23.0 Å². The Hall–Kier alpha value is -3.67. The first-order valence-electron chi connectivity index (χ1n) is 8.46. The molecule has 1 aliphatic heterocycles. The summed E-state index contributed by atoms with van der Waals surface area (Å²) >= 11 is 0. The molecule has 27 heavy (non-hydrogen) atoms. The second-order valence-corrected chi connectivity index (χ2v) is 6.09. The molecule has 3 aromatic rings. The van der Waals surface area contributed by atoms with Gasteiger partial charge in [-0.3, -0.25) is 14.7 Å². The topological polar surface area (TPSA) is 71.5 Å². The predicted octanol–water partition coefficient (Wildman–Crippen LogP) is 3.64. The molecule has 1 amide bonds. The minimum absolute atomic E-state index is 0.0812. The van der Waals surface area contributed by atoms with Crippen LogP contribution >= 0.6 is 0 Å². The first-order valence-corrected chi connectivity index (χ1v) is 8.46. The van der Waals surface area contributed by atoms with E-state index in [-0.39, 0.29) is 18.0 Å². The molecule has 2 heterocycles. The second kappa shape index (κ2) is 6.92. The number of benzene rings is 2. The van der Waals surface area contributed by atoms with Crippen molar-refractivity contribution in [3.63, 3.8) is 0 Å². The SMILES string of the molecule is COC(=O)c1ccc(NC2c3ccccc3C(=O)N2c2cccnc2)cc1. The molecule has 0 spiro atoms. The van der Waals surface area contributed by atoms with Crippen LogP contribution in [0, 0.1) is 0 Å². The van der Waals surface area contributed by atoms with Crippen molar-refractivity contribution in [1.29, 1.82) is 0 Å². The number of anilines is 2. The summed E-state index contributed by atoms with van der Waals surface area (Å²) in [5.74, 6) is -0.470. The summed E-state index contributed by atoms with van der Waals surface area (Å²) in [5, 5.41) is 3.39. The first kappa shape index (κ1) is 16.8. The van der Waals surface area contributed by atoms with E-state index in [9.17, 15) is 9.59 Å². The molecule has 1 atom stereocenters. The minimum atomic E-state index is -0.389. The number of methoxy groups -OCH3 is 1. The van der Waals surface area contributed by atoms with E-state index in [1.54, 1.807) is 47.6 Å². The van der Waals surface area contributed by atoms with E-state index in [1.807, 2.05) is 30.3 Å². The number of nitrogens with one attached hydrogen (secondary N) is 1. The summed E-state index contributed by atoms with van der Waals surface area (Å²) in [6.07, 6.45) is 2.96. The predicted molar refractivity (Wildman–Crippen MR) is 102 cm³/mol. The number of nitrogens with zero attached hydrogens (tertiary/aromatic N) is 2. The van der Waals surface area contributed by atoms with Crippen LogP contribution in [0.5, 0.6) is 0 Å². The Balaban J connectivity index is 1.70. The Morgan fingerprint density at radius 1 is 1.07 bits per heavy atom. The van der Waals surface area contributed by atoms with E-state index in [2.05, 4.69) is 10.3 Å². The third kappa shape index (κ3) is 3.01. The Kier molecular flexibility index (Phi) is 4.30. The quantitative estimate of drug-likeness (QED) is 0.720. The number of hydrogen-bond acceptors (Lipinski definition) is 5. The van der Waals surface area contributed by atoms with Gasteiger partial charge in [0.25, 0.3) is 5.91 Å². The van der Waals surface area contributed by atoms with Crippen LogP contribution in [0.2, 0.25) is 0 Å². The summed E-state index contributed by atoms with van der Waals surface area (Å²) in [5.41, 5.74) is 3.51. The number of esters is 1. The molecule has 1 unspecified atom stereocenters. The molecule has 1 aromatic heterocycles. The number of rotatable bonds is 4. The minimum Gasteiger partial charge on any atom is -0.465 e. The molecule has 0 saturated heterocycles. The molecule has 0 aliphatic carbocycles. The van der Waals surface area contributed by atoms with Crippen LogP contribution < -0.4 is 10.2 Å². The average molecular weight is 359 g/mol. The highest BCUT2D eigenvalue weighted by atomic mass is 16.5. The summed E-state index contributed by atoms with van der Waals surface area (Å²) in [7, 11) is 1.35. The number of hydrogen-bond donors (Lipinski definition) is 1. The standard InChI is InChI=1S/C21H17N3O3/c1-27-21(26)14-8-10-15(11-9-14)23-19-17-6-2-3-7-18(17)20(25)24(19)16-5-4-12-22-13-16/h2-13,19,23H,1H3. The van der Waals surface area contributed by atoms with E-state index < -0.39 is 0 Å². The maximum absolute atomic E-state index is 13.0. The fourth-order valence-electron chi connectivity index (χ4n) is 3.20. The molecule has 1 aliphatic rings. The van der Waals surface area contributed by atoms with E-state index in [1.165, 1.54) is 7.11 Å². The lowest BCUT2D eigenvalue weighted by Crippen LogP contribution is -2.32. The summed E-state index contributed by atoms with van der Waals surface area (Å²) in [4.78, 5) is 30.4. The summed E-state index contributed by atoms with van der Waals surface area (Å²) in [6, 6.07) is 18.1. The Bertz CT molecular complexity index is 987. The van der Waals surface area contributed by atoms with Crippen molar-refractivity contribution in [1.82, 2.24) is 4.98 Å². The molecule has 134 valence electrons. The molecule has 0 radical (unpaired) electrons. The summed E-state index contributed by atoms with van der Waals surface area (Å²) in [6.45, 7) is 0. The highest BCUT2D eigenvalue weighted by Gasteiger charge is 2.37. The number of aromatic nitrogens is 1. The number of carbonyl (C=O) groups is 2. The fourth-order valence-corrected chi connectivity index (χ4v) is 3.20. The molecule has 0 fully saturated rings. The Morgan fingerprint density at radius 3 is 2.56 bits per heavy atom. The normalized spacial score (nSPS) is 15.4. The molecule has 6 heteroatoms.